The number of urea groups is 1. The highest BCUT2D eigenvalue weighted by Gasteiger charge is 2.22. The van der Waals surface area contributed by atoms with Gasteiger partial charge in [-0.15, -0.1) is 10.2 Å². The highest BCUT2D eigenvalue weighted by Crippen LogP contribution is 2.26. The summed E-state index contributed by atoms with van der Waals surface area (Å²) in [5.74, 6) is -0.150. The second-order valence-corrected chi connectivity index (χ2v) is 7.20. The van der Waals surface area contributed by atoms with Crippen molar-refractivity contribution in [2.75, 3.05) is 18.9 Å². The van der Waals surface area contributed by atoms with Crippen molar-refractivity contribution in [1.82, 2.24) is 25.4 Å². The van der Waals surface area contributed by atoms with E-state index in [0.29, 0.717) is 24.1 Å². The van der Waals surface area contributed by atoms with Gasteiger partial charge in [0.15, 0.2) is 11.0 Å². The third kappa shape index (κ3) is 5.29. The molecule has 1 saturated heterocycles. The van der Waals surface area contributed by atoms with Crippen LogP contribution in [0.25, 0.3) is 11.4 Å². The van der Waals surface area contributed by atoms with Gasteiger partial charge in [0.1, 0.15) is 5.82 Å². The number of halogens is 1. The number of hydrogen-bond acceptors (Lipinski definition) is 6. The summed E-state index contributed by atoms with van der Waals surface area (Å²) < 4.78 is 20.9. The van der Waals surface area contributed by atoms with E-state index in [9.17, 15) is 14.0 Å². The summed E-state index contributed by atoms with van der Waals surface area (Å²) in [7, 11) is 0. The van der Waals surface area contributed by atoms with Gasteiger partial charge in [-0.3, -0.25) is 14.7 Å². The zero-order valence-corrected chi connectivity index (χ0v) is 16.3. The van der Waals surface area contributed by atoms with E-state index >= 15 is 0 Å². The van der Waals surface area contributed by atoms with Crippen molar-refractivity contribution in [2.45, 2.75) is 37.6 Å². The lowest BCUT2D eigenvalue weighted by Crippen LogP contribution is -2.40. The maximum Gasteiger partial charge on any atom is 0.321 e. The van der Waals surface area contributed by atoms with Gasteiger partial charge < -0.3 is 10.1 Å². The zero-order valence-electron chi connectivity index (χ0n) is 15.5. The summed E-state index contributed by atoms with van der Waals surface area (Å²) in [6.45, 7) is 3.46. The van der Waals surface area contributed by atoms with Crippen molar-refractivity contribution in [3.8, 4) is 11.4 Å². The Bertz CT molecular complexity index is 821. The van der Waals surface area contributed by atoms with Crippen LogP contribution in [0.4, 0.5) is 9.18 Å². The summed E-state index contributed by atoms with van der Waals surface area (Å²) in [5, 5.41) is 13.7. The number of hydrogen-bond donors (Lipinski definition) is 2. The standard InChI is InChI=1S/C18H22FN5O3S/c1-2-20-17(26)21-15(25)11-28-18-23-22-16(12-5-7-13(19)8-6-12)24(18)10-14-4-3-9-27-14/h5-8,14H,2-4,9-11H2,1H3,(H2,20,21,25,26)/t14-/m1/s1. The van der Waals surface area contributed by atoms with Crippen LogP contribution in [-0.4, -0.2) is 51.7 Å². The Balaban J connectivity index is 1.75. The molecule has 1 fully saturated rings. The predicted molar refractivity (Wildman–Crippen MR) is 102 cm³/mol. The first kappa shape index (κ1) is 20.3. The number of carbonyl (C=O) groups is 2. The Labute approximate surface area is 166 Å². The Morgan fingerprint density at radius 2 is 2.11 bits per heavy atom. The molecule has 2 heterocycles. The van der Waals surface area contributed by atoms with Crippen molar-refractivity contribution in [3.63, 3.8) is 0 Å². The molecule has 0 unspecified atom stereocenters. The topological polar surface area (TPSA) is 98.1 Å². The van der Waals surface area contributed by atoms with E-state index < -0.39 is 11.9 Å². The lowest BCUT2D eigenvalue weighted by Gasteiger charge is -2.14. The number of amides is 3. The molecule has 0 aliphatic carbocycles. The lowest BCUT2D eigenvalue weighted by atomic mass is 10.2. The quantitative estimate of drug-likeness (QED) is 0.683. The second kappa shape index (κ2) is 9.65. The summed E-state index contributed by atoms with van der Waals surface area (Å²) in [5.41, 5.74) is 0.727. The average molecular weight is 407 g/mol. The van der Waals surface area contributed by atoms with Crippen molar-refractivity contribution in [2.24, 2.45) is 0 Å². The third-order valence-electron chi connectivity index (χ3n) is 4.15. The normalized spacial score (nSPS) is 16.1. The minimum absolute atomic E-state index is 0.0181. The van der Waals surface area contributed by atoms with E-state index in [1.165, 1.54) is 23.9 Å². The molecule has 2 aromatic rings. The fourth-order valence-corrected chi connectivity index (χ4v) is 3.61. The van der Waals surface area contributed by atoms with Gasteiger partial charge in [0.2, 0.25) is 5.91 Å². The van der Waals surface area contributed by atoms with Crippen LogP contribution in [0.15, 0.2) is 29.4 Å². The Hall–Kier alpha value is -2.46. The number of imide groups is 1. The molecule has 1 aliphatic heterocycles. The van der Waals surface area contributed by atoms with Gasteiger partial charge in [0.25, 0.3) is 0 Å². The van der Waals surface area contributed by atoms with Gasteiger partial charge >= 0.3 is 6.03 Å². The van der Waals surface area contributed by atoms with Crippen LogP contribution in [0, 0.1) is 5.82 Å². The van der Waals surface area contributed by atoms with E-state index in [-0.39, 0.29) is 17.7 Å². The van der Waals surface area contributed by atoms with Crippen molar-refractivity contribution < 1.29 is 18.7 Å². The minimum atomic E-state index is -0.527. The van der Waals surface area contributed by atoms with Crippen molar-refractivity contribution in [1.29, 1.82) is 0 Å². The molecule has 28 heavy (non-hydrogen) atoms. The fourth-order valence-electron chi connectivity index (χ4n) is 2.86. The van der Waals surface area contributed by atoms with E-state index in [0.717, 1.165) is 25.0 Å². The molecule has 2 N–H and O–H groups in total. The number of carbonyl (C=O) groups excluding carboxylic acids is 2. The minimum Gasteiger partial charge on any atom is -0.376 e. The highest BCUT2D eigenvalue weighted by molar-refractivity contribution is 7.99. The van der Waals surface area contributed by atoms with Gasteiger partial charge in [0, 0.05) is 18.7 Å². The average Bonchev–Trinajstić information content (AvgIpc) is 3.31. The largest absolute Gasteiger partial charge is 0.376 e. The van der Waals surface area contributed by atoms with Gasteiger partial charge in [-0.25, -0.2) is 9.18 Å². The lowest BCUT2D eigenvalue weighted by molar-refractivity contribution is -0.117. The maximum atomic E-state index is 13.3. The van der Waals surface area contributed by atoms with Crippen LogP contribution in [0.2, 0.25) is 0 Å². The summed E-state index contributed by atoms with van der Waals surface area (Å²) in [6.07, 6.45) is 1.97. The Morgan fingerprint density at radius 1 is 1.32 bits per heavy atom. The first-order valence-electron chi connectivity index (χ1n) is 9.08. The smallest absolute Gasteiger partial charge is 0.321 e. The third-order valence-corrected chi connectivity index (χ3v) is 5.12. The molecule has 8 nitrogen and oxygen atoms in total. The summed E-state index contributed by atoms with van der Waals surface area (Å²) in [4.78, 5) is 23.4. The molecule has 3 rings (SSSR count). The van der Waals surface area contributed by atoms with Gasteiger partial charge in [-0.1, -0.05) is 11.8 Å². The van der Waals surface area contributed by atoms with Crippen LogP contribution >= 0.6 is 11.8 Å². The van der Waals surface area contributed by atoms with E-state index in [2.05, 4.69) is 20.8 Å². The van der Waals surface area contributed by atoms with E-state index in [1.54, 1.807) is 19.1 Å². The van der Waals surface area contributed by atoms with E-state index in [4.69, 9.17) is 4.74 Å². The molecule has 1 aliphatic rings. The van der Waals surface area contributed by atoms with Crippen LogP contribution in [0.5, 0.6) is 0 Å². The van der Waals surface area contributed by atoms with Crippen molar-refractivity contribution in [3.05, 3.63) is 30.1 Å². The van der Waals surface area contributed by atoms with Crippen LogP contribution in [-0.2, 0) is 16.1 Å². The van der Waals surface area contributed by atoms with Crippen LogP contribution < -0.4 is 10.6 Å². The molecule has 1 aromatic carbocycles. The number of benzene rings is 1. The molecule has 0 spiro atoms. The highest BCUT2D eigenvalue weighted by atomic mass is 32.2. The predicted octanol–water partition coefficient (Wildman–Crippen LogP) is 2.20. The van der Waals surface area contributed by atoms with Crippen LogP contribution in [0.3, 0.4) is 0 Å². The maximum absolute atomic E-state index is 13.3. The van der Waals surface area contributed by atoms with Gasteiger partial charge in [0.05, 0.1) is 18.4 Å². The first-order valence-corrected chi connectivity index (χ1v) is 10.1. The fraction of sp³-hybridized carbons (Fsp3) is 0.444. The van der Waals surface area contributed by atoms with Gasteiger partial charge in [-0.05, 0) is 44.0 Å². The van der Waals surface area contributed by atoms with Gasteiger partial charge in [-0.2, -0.15) is 0 Å². The number of ether oxygens (including phenoxy) is 1. The molecule has 1 aromatic heterocycles. The SMILES string of the molecule is CCNC(=O)NC(=O)CSc1nnc(-c2ccc(F)cc2)n1C[C@H]1CCCO1. The number of nitrogens with one attached hydrogen (secondary N) is 2. The molecule has 0 radical (unpaired) electrons. The molecular weight excluding hydrogens is 385 g/mol. The number of thioether (sulfide) groups is 1. The molecule has 150 valence electrons. The number of aromatic nitrogens is 3. The zero-order chi connectivity index (χ0) is 19.9. The summed E-state index contributed by atoms with van der Waals surface area (Å²) in [6, 6.07) is 5.49. The summed E-state index contributed by atoms with van der Waals surface area (Å²) >= 11 is 1.18. The first-order chi connectivity index (χ1) is 13.6. The monoisotopic (exact) mass is 407 g/mol. The molecule has 10 heteroatoms. The Morgan fingerprint density at radius 3 is 2.79 bits per heavy atom. The molecule has 0 bridgehead atoms. The number of nitrogens with zero attached hydrogens (tertiary/aromatic N) is 3. The Kier molecular flexibility index (Phi) is 6.99. The van der Waals surface area contributed by atoms with Crippen LogP contribution in [0.1, 0.15) is 19.8 Å². The van der Waals surface area contributed by atoms with Crippen molar-refractivity contribution >= 4 is 23.7 Å². The van der Waals surface area contributed by atoms with E-state index in [1.807, 2.05) is 4.57 Å². The molecule has 1 atom stereocenters. The molecule has 3 amide bonds. The number of rotatable bonds is 7. The molecular formula is C18H22FN5O3S. The second-order valence-electron chi connectivity index (χ2n) is 6.26. The molecule has 0 saturated carbocycles.